The third-order valence-electron chi connectivity index (χ3n) is 3.81. The zero-order chi connectivity index (χ0) is 20.1. The summed E-state index contributed by atoms with van der Waals surface area (Å²) >= 11 is 0. The predicted molar refractivity (Wildman–Crippen MR) is 97.4 cm³/mol. The van der Waals surface area contributed by atoms with Gasteiger partial charge >= 0.3 is 6.36 Å². The monoisotopic (exact) mass is 385 g/mol. The first-order valence-corrected chi connectivity index (χ1v) is 8.19. The van der Waals surface area contributed by atoms with Crippen LogP contribution in [-0.2, 0) is 0 Å². The average molecular weight is 385 g/mol. The highest BCUT2D eigenvalue weighted by Crippen LogP contribution is 2.30. The highest BCUT2D eigenvalue weighted by atomic mass is 19.4. The quantitative estimate of drug-likeness (QED) is 0.624. The number of hydrogen-bond acceptors (Lipinski definition) is 3. The van der Waals surface area contributed by atoms with Crippen LogP contribution in [0, 0.1) is 0 Å². The van der Waals surface area contributed by atoms with Crippen molar-refractivity contribution < 1.29 is 27.5 Å². The highest BCUT2D eigenvalue weighted by Gasteiger charge is 2.32. The van der Waals surface area contributed by atoms with Crippen molar-refractivity contribution in [2.75, 3.05) is 5.32 Å². The molecule has 0 aromatic heterocycles. The molecular weight excluding hydrogens is 371 g/mol. The molecule has 0 aliphatic carbocycles. The minimum Gasteiger partial charge on any atom is -0.404 e. The number of alkyl halides is 3. The van der Waals surface area contributed by atoms with Crippen LogP contribution in [0.5, 0.6) is 5.75 Å². The van der Waals surface area contributed by atoms with Gasteiger partial charge in [0.2, 0.25) is 0 Å². The van der Waals surface area contributed by atoms with Crippen LogP contribution >= 0.6 is 0 Å². The second-order valence-corrected chi connectivity index (χ2v) is 5.77. The van der Waals surface area contributed by atoms with Crippen LogP contribution in [0.25, 0.3) is 0 Å². The second kappa shape index (κ2) is 7.96. The van der Waals surface area contributed by atoms with Gasteiger partial charge in [-0.25, -0.2) is 0 Å². The fraction of sp³-hybridized carbons (Fsp3) is 0.0476. The molecule has 0 saturated heterocycles. The number of ether oxygens (including phenoxy) is 1. The highest BCUT2D eigenvalue weighted by molar-refractivity contribution is 6.10. The summed E-state index contributed by atoms with van der Waals surface area (Å²) in [6.45, 7) is 0. The summed E-state index contributed by atoms with van der Waals surface area (Å²) in [5, 5.41) is 2.38. The summed E-state index contributed by atoms with van der Waals surface area (Å²) in [4.78, 5) is 24.7. The van der Waals surface area contributed by atoms with Gasteiger partial charge in [-0.05, 0) is 24.3 Å². The van der Waals surface area contributed by atoms with E-state index in [-0.39, 0.29) is 17.0 Å². The summed E-state index contributed by atoms with van der Waals surface area (Å²) in [6.07, 6.45) is -4.87. The number of rotatable bonds is 5. The number of ketones is 1. The number of nitrogens with one attached hydrogen (secondary N) is 1. The lowest BCUT2D eigenvalue weighted by molar-refractivity contribution is -0.274. The van der Waals surface area contributed by atoms with Gasteiger partial charge in [-0.2, -0.15) is 0 Å². The third kappa shape index (κ3) is 4.76. The van der Waals surface area contributed by atoms with Crippen molar-refractivity contribution in [2.24, 2.45) is 0 Å². The average Bonchev–Trinajstić information content (AvgIpc) is 2.68. The number of para-hydroxylation sites is 2. The fourth-order valence-electron chi connectivity index (χ4n) is 2.51. The van der Waals surface area contributed by atoms with Gasteiger partial charge in [0, 0.05) is 16.7 Å². The molecule has 3 rings (SSSR count). The molecule has 0 heterocycles. The van der Waals surface area contributed by atoms with Crippen LogP contribution in [0.2, 0.25) is 0 Å². The summed E-state index contributed by atoms with van der Waals surface area (Å²) in [7, 11) is 0. The first kappa shape index (κ1) is 19.2. The molecule has 0 fully saturated rings. The molecule has 28 heavy (non-hydrogen) atoms. The molecule has 0 unspecified atom stereocenters. The molecule has 0 radical (unpaired) electrons. The van der Waals surface area contributed by atoms with Crippen molar-refractivity contribution in [1.82, 2.24) is 0 Å². The van der Waals surface area contributed by atoms with Gasteiger partial charge in [0.05, 0.1) is 5.69 Å². The summed E-state index contributed by atoms with van der Waals surface area (Å²) in [5.74, 6) is -1.34. The zero-order valence-electron chi connectivity index (χ0n) is 14.4. The molecule has 1 amide bonds. The molecule has 1 N–H and O–H groups in total. The number of amides is 1. The molecule has 0 spiro atoms. The maximum Gasteiger partial charge on any atom is 0.573 e. The van der Waals surface area contributed by atoms with Crippen molar-refractivity contribution in [3.8, 4) is 5.75 Å². The number of carbonyl (C=O) groups excluding carboxylic acids is 2. The van der Waals surface area contributed by atoms with Crippen molar-refractivity contribution in [2.45, 2.75) is 6.36 Å². The van der Waals surface area contributed by atoms with E-state index in [9.17, 15) is 22.8 Å². The van der Waals surface area contributed by atoms with E-state index in [1.165, 1.54) is 42.5 Å². The molecule has 7 heteroatoms. The predicted octanol–water partition coefficient (Wildman–Crippen LogP) is 5.07. The molecule has 3 aromatic carbocycles. The lowest BCUT2D eigenvalue weighted by atomic mass is 10.0. The Morgan fingerprint density at radius 2 is 1.25 bits per heavy atom. The van der Waals surface area contributed by atoms with E-state index < -0.39 is 18.0 Å². The Morgan fingerprint density at radius 1 is 0.714 bits per heavy atom. The van der Waals surface area contributed by atoms with Gasteiger partial charge in [0.15, 0.2) is 11.5 Å². The van der Waals surface area contributed by atoms with Crippen LogP contribution in [0.15, 0.2) is 78.9 Å². The minimum atomic E-state index is -4.87. The number of hydrogen-bond donors (Lipinski definition) is 1. The molecule has 4 nitrogen and oxygen atoms in total. The van der Waals surface area contributed by atoms with Gasteiger partial charge in [0.1, 0.15) is 0 Å². The van der Waals surface area contributed by atoms with Crippen LogP contribution in [0.3, 0.4) is 0 Å². The molecule has 0 saturated carbocycles. The van der Waals surface area contributed by atoms with E-state index in [0.717, 1.165) is 6.07 Å². The number of carbonyl (C=O) groups is 2. The SMILES string of the molecule is O=C(Nc1ccccc1OC(F)(F)F)c1ccc(C(=O)c2ccccc2)cc1. The number of anilines is 1. The lowest BCUT2D eigenvalue weighted by Crippen LogP contribution is -2.19. The van der Waals surface area contributed by atoms with Crippen LogP contribution in [0.1, 0.15) is 26.3 Å². The zero-order valence-corrected chi connectivity index (χ0v) is 14.4. The first-order valence-electron chi connectivity index (χ1n) is 8.19. The van der Waals surface area contributed by atoms with E-state index in [2.05, 4.69) is 10.1 Å². The third-order valence-corrected chi connectivity index (χ3v) is 3.81. The van der Waals surface area contributed by atoms with E-state index in [4.69, 9.17) is 0 Å². The van der Waals surface area contributed by atoms with Crippen molar-refractivity contribution in [3.05, 3.63) is 95.6 Å². The summed E-state index contributed by atoms with van der Waals surface area (Å²) in [5.41, 5.74) is 0.974. The Hall–Kier alpha value is -3.61. The second-order valence-electron chi connectivity index (χ2n) is 5.77. The minimum absolute atomic E-state index is 0.116. The molecule has 3 aromatic rings. The van der Waals surface area contributed by atoms with Crippen LogP contribution < -0.4 is 10.1 Å². The Bertz CT molecular complexity index is 984. The number of halogens is 3. The standard InChI is InChI=1S/C21H14F3NO3/c22-21(23,24)28-18-9-5-4-8-17(18)25-20(27)16-12-10-15(11-13-16)19(26)14-6-2-1-3-7-14/h1-13H,(H,25,27). The van der Waals surface area contributed by atoms with Gasteiger partial charge in [-0.1, -0.05) is 54.6 Å². The summed E-state index contributed by atoms with van der Waals surface area (Å²) < 4.78 is 41.3. The number of benzene rings is 3. The van der Waals surface area contributed by atoms with E-state index in [1.807, 2.05) is 0 Å². The van der Waals surface area contributed by atoms with Gasteiger partial charge in [0.25, 0.3) is 5.91 Å². The molecule has 0 aliphatic rings. The van der Waals surface area contributed by atoms with Crippen molar-refractivity contribution >= 4 is 17.4 Å². The maximum atomic E-state index is 12.5. The van der Waals surface area contributed by atoms with Gasteiger partial charge < -0.3 is 10.1 Å². The molecule has 142 valence electrons. The largest absolute Gasteiger partial charge is 0.573 e. The fourth-order valence-corrected chi connectivity index (χ4v) is 2.51. The van der Waals surface area contributed by atoms with E-state index in [0.29, 0.717) is 11.1 Å². The normalized spacial score (nSPS) is 11.0. The molecule has 0 atom stereocenters. The molecule has 0 bridgehead atoms. The Morgan fingerprint density at radius 3 is 1.89 bits per heavy atom. The van der Waals surface area contributed by atoms with E-state index >= 15 is 0 Å². The Labute approximate surface area is 158 Å². The smallest absolute Gasteiger partial charge is 0.404 e. The molecule has 0 aliphatic heterocycles. The Kier molecular flexibility index (Phi) is 5.44. The maximum absolute atomic E-state index is 12.5. The Balaban J connectivity index is 1.75. The van der Waals surface area contributed by atoms with E-state index in [1.54, 1.807) is 30.3 Å². The molecular formula is C21H14F3NO3. The summed E-state index contributed by atoms with van der Waals surface area (Å²) in [6, 6.07) is 19.7. The topological polar surface area (TPSA) is 55.4 Å². The van der Waals surface area contributed by atoms with Crippen molar-refractivity contribution in [3.63, 3.8) is 0 Å². The van der Waals surface area contributed by atoms with Crippen molar-refractivity contribution in [1.29, 1.82) is 0 Å². The van der Waals surface area contributed by atoms with Gasteiger partial charge in [-0.3, -0.25) is 9.59 Å². The lowest BCUT2D eigenvalue weighted by Gasteiger charge is -2.14. The van der Waals surface area contributed by atoms with Crippen LogP contribution in [0.4, 0.5) is 18.9 Å². The van der Waals surface area contributed by atoms with Crippen LogP contribution in [-0.4, -0.2) is 18.1 Å². The van der Waals surface area contributed by atoms with Gasteiger partial charge in [-0.15, -0.1) is 13.2 Å². The first-order chi connectivity index (χ1) is 13.3.